The first-order chi connectivity index (χ1) is 8.72. The first-order valence-electron chi connectivity index (χ1n) is 6.68. The minimum Gasteiger partial charge on any atom is -0.392 e. The van der Waals surface area contributed by atoms with Crippen molar-refractivity contribution < 1.29 is 9.90 Å². The highest BCUT2D eigenvalue weighted by molar-refractivity contribution is 5.83. The molecule has 0 aliphatic heterocycles. The summed E-state index contributed by atoms with van der Waals surface area (Å²) in [5.74, 6) is 0.170. The van der Waals surface area contributed by atoms with Crippen molar-refractivity contribution in [1.29, 1.82) is 0 Å². The van der Waals surface area contributed by atoms with Crippen LogP contribution in [-0.4, -0.2) is 11.0 Å². The maximum absolute atomic E-state index is 12.2. The van der Waals surface area contributed by atoms with Crippen LogP contribution in [0.2, 0.25) is 0 Å². The molecule has 1 aliphatic rings. The van der Waals surface area contributed by atoms with E-state index in [1.807, 2.05) is 24.3 Å². The lowest BCUT2D eigenvalue weighted by Crippen LogP contribution is -2.45. The van der Waals surface area contributed by atoms with Gasteiger partial charge in [-0.2, -0.15) is 0 Å². The number of aliphatic hydroxyl groups is 1. The molecule has 0 spiro atoms. The molecule has 1 aliphatic carbocycles. The molecule has 0 saturated heterocycles. The van der Waals surface area contributed by atoms with E-state index in [4.69, 9.17) is 0 Å². The van der Waals surface area contributed by atoms with Crippen LogP contribution in [0.1, 0.15) is 43.7 Å². The maximum Gasteiger partial charge on any atom is 0.226 e. The highest BCUT2D eigenvalue weighted by Gasteiger charge is 2.41. The molecule has 2 N–H and O–H groups in total. The molecular formula is C15H21NO2. The van der Waals surface area contributed by atoms with E-state index >= 15 is 0 Å². The second kappa shape index (κ2) is 5.53. The Morgan fingerprint density at radius 1 is 1.33 bits per heavy atom. The van der Waals surface area contributed by atoms with E-state index in [1.165, 1.54) is 0 Å². The van der Waals surface area contributed by atoms with Crippen LogP contribution in [0.25, 0.3) is 0 Å². The molecule has 3 nitrogen and oxygen atoms in total. The monoisotopic (exact) mass is 247 g/mol. The van der Waals surface area contributed by atoms with Gasteiger partial charge in [-0.25, -0.2) is 0 Å². The van der Waals surface area contributed by atoms with Gasteiger partial charge < -0.3 is 10.4 Å². The predicted molar refractivity (Wildman–Crippen MR) is 70.8 cm³/mol. The van der Waals surface area contributed by atoms with Gasteiger partial charge in [0.25, 0.3) is 0 Å². The van der Waals surface area contributed by atoms with E-state index in [0.717, 1.165) is 36.8 Å². The van der Waals surface area contributed by atoms with Crippen molar-refractivity contribution in [3.63, 3.8) is 0 Å². The molecule has 3 heteroatoms. The number of aliphatic hydroxyl groups excluding tert-OH is 1. The predicted octanol–water partition coefficient (Wildman–Crippen LogP) is 2.38. The molecule has 98 valence electrons. The number of carbonyl (C=O) groups excluding carboxylic acids is 1. The zero-order valence-electron chi connectivity index (χ0n) is 10.9. The van der Waals surface area contributed by atoms with Crippen molar-refractivity contribution in [3.8, 4) is 0 Å². The van der Waals surface area contributed by atoms with Crippen LogP contribution in [0.5, 0.6) is 0 Å². The van der Waals surface area contributed by atoms with E-state index in [1.54, 1.807) is 0 Å². The van der Waals surface area contributed by atoms with Crippen molar-refractivity contribution >= 4 is 5.91 Å². The van der Waals surface area contributed by atoms with E-state index in [0.29, 0.717) is 6.54 Å². The standard InChI is InChI=1S/C15H21NO2/c1-2-15(8-5-9-15)14(18)16-10-12-6-3-4-7-13(12)11-17/h3-4,6-7,17H,2,5,8-11H2,1H3,(H,16,18). The maximum atomic E-state index is 12.2. The van der Waals surface area contributed by atoms with Crippen molar-refractivity contribution in [2.75, 3.05) is 0 Å². The summed E-state index contributed by atoms with van der Waals surface area (Å²) in [4.78, 5) is 12.2. The van der Waals surface area contributed by atoms with Gasteiger partial charge in [0.05, 0.1) is 6.61 Å². The molecular weight excluding hydrogens is 226 g/mol. The number of amides is 1. The summed E-state index contributed by atoms with van der Waals surface area (Å²) in [5.41, 5.74) is 1.77. The normalized spacial score (nSPS) is 17.0. The molecule has 0 heterocycles. The molecule has 1 amide bonds. The average molecular weight is 247 g/mol. The van der Waals surface area contributed by atoms with Gasteiger partial charge in [0.1, 0.15) is 0 Å². The smallest absolute Gasteiger partial charge is 0.226 e. The van der Waals surface area contributed by atoms with E-state index in [2.05, 4.69) is 12.2 Å². The third-order valence-corrected chi connectivity index (χ3v) is 4.20. The Labute approximate surface area is 108 Å². The van der Waals surface area contributed by atoms with Crippen LogP contribution in [0.4, 0.5) is 0 Å². The molecule has 1 fully saturated rings. The SMILES string of the molecule is CCC1(C(=O)NCc2ccccc2CO)CCC1. The third-order valence-electron chi connectivity index (χ3n) is 4.20. The lowest BCUT2D eigenvalue weighted by atomic mass is 9.66. The van der Waals surface area contributed by atoms with Crippen LogP contribution >= 0.6 is 0 Å². The zero-order valence-corrected chi connectivity index (χ0v) is 10.9. The van der Waals surface area contributed by atoms with E-state index < -0.39 is 0 Å². The van der Waals surface area contributed by atoms with Gasteiger partial charge >= 0.3 is 0 Å². The summed E-state index contributed by atoms with van der Waals surface area (Å²) in [6.45, 7) is 2.61. The molecule has 18 heavy (non-hydrogen) atoms. The quantitative estimate of drug-likeness (QED) is 0.839. The number of hydrogen-bond acceptors (Lipinski definition) is 2. The van der Waals surface area contributed by atoms with Crippen molar-refractivity contribution in [3.05, 3.63) is 35.4 Å². The molecule has 2 rings (SSSR count). The molecule has 0 aromatic heterocycles. The summed E-state index contributed by atoms with van der Waals surface area (Å²) in [5, 5.41) is 12.3. The van der Waals surface area contributed by atoms with Crippen LogP contribution in [0, 0.1) is 5.41 Å². The Kier molecular flexibility index (Phi) is 4.02. The summed E-state index contributed by atoms with van der Waals surface area (Å²) < 4.78 is 0. The molecule has 1 aromatic rings. The topological polar surface area (TPSA) is 49.3 Å². The lowest BCUT2D eigenvalue weighted by molar-refractivity contribution is -0.136. The number of carbonyl (C=O) groups is 1. The van der Waals surface area contributed by atoms with Gasteiger partial charge in [-0.15, -0.1) is 0 Å². The largest absolute Gasteiger partial charge is 0.392 e. The number of nitrogens with one attached hydrogen (secondary N) is 1. The van der Waals surface area contributed by atoms with Crippen molar-refractivity contribution in [2.24, 2.45) is 5.41 Å². The molecule has 0 bridgehead atoms. The second-order valence-electron chi connectivity index (χ2n) is 5.10. The van der Waals surface area contributed by atoms with Crippen LogP contribution in [0.15, 0.2) is 24.3 Å². The molecule has 0 unspecified atom stereocenters. The molecule has 1 aromatic carbocycles. The van der Waals surface area contributed by atoms with Gasteiger partial charge in [-0.05, 0) is 30.4 Å². The number of benzene rings is 1. The summed E-state index contributed by atoms with van der Waals surface area (Å²) in [6.07, 6.45) is 4.10. The van der Waals surface area contributed by atoms with Crippen molar-refractivity contribution in [2.45, 2.75) is 45.8 Å². The van der Waals surface area contributed by atoms with Crippen LogP contribution in [-0.2, 0) is 17.9 Å². The molecule has 0 radical (unpaired) electrons. The molecule has 1 saturated carbocycles. The van der Waals surface area contributed by atoms with Crippen molar-refractivity contribution in [1.82, 2.24) is 5.32 Å². The minimum atomic E-state index is -0.117. The fourth-order valence-corrected chi connectivity index (χ4v) is 2.59. The Morgan fingerprint density at radius 3 is 2.50 bits per heavy atom. The van der Waals surface area contributed by atoms with Crippen LogP contribution in [0.3, 0.4) is 0 Å². The highest BCUT2D eigenvalue weighted by atomic mass is 16.3. The van der Waals surface area contributed by atoms with E-state index in [-0.39, 0.29) is 17.9 Å². The first kappa shape index (κ1) is 13.1. The van der Waals surface area contributed by atoms with Gasteiger partial charge in [-0.1, -0.05) is 37.6 Å². The Bertz CT molecular complexity index is 419. The Hall–Kier alpha value is -1.35. The van der Waals surface area contributed by atoms with Gasteiger partial charge in [0.2, 0.25) is 5.91 Å². The lowest BCUT2D eigenvalue weighted by Gasteiger charge is -2.39. The summed E-state index contributed by atoms with van der Waals surface area (Å²) in [7, 11) is 0. The average Bonchev–Trinajstić information content (AvgIpc) is 2.36. The highest BCUT2D eigenvalue weighted by Crippen LogP contribution is 2.43. The zero-order chi connectivity index (χ0) is 13.0. The minimum absolute atomic E-state index is 0.0188. The van der Waals surface area contributed by atoms with Gasteiger partial charge in [0.15, 0.2) is 0 Å². The van der Waals surface area contributed by atoms with Crippen LogP contribution < -0.4 is 5.32 Å². The number of hydrogen-bond donors (Lipinski definition) is 2. The summed E-state index contributed by atoms with van der Waals surface area (Å²) >= 11 is 0. The van der Waals surface area contributed by atoms with Gasteiger partial charge in [0, 0.05) is 12.0 Å². The Balaban J connectivity index is 1.97. The Morgan fingerprint density at radius 2 is 2.00 bits per heavy atom. The van der Waals surface area contributed by atoms with Gasteiger partial charge in [-0.3, -0.25) is 4.79 Å². The number of rotatable bonds is 5. The summed E-state index contributed by atoms with van der Waals surface area (Å²) in [6, 6.07) is 7.67. The van der Waals surface area contributed by atoms with E-state index in [9.17, 15) is 9.90 Å². The second-order valence-corrected chi connectivity index (χ2v) is 5.10. The third kappa shape index (κ3) is 2.41. The molecule has 0 atom stereocenters. The first-order valence-corrected chi connectivity index (χ1v) is 6.68. The fraction of sp³-hybridized carbons (Fsp3) is 0.533. The fourth-order valence-electron chi connectivity index (χ4n) is 2.59.